The first kappa shape index (κ1) is 15.4. The minimum atomic E-state index is 0.306. The second kappa shape index (κ2) is 7.16. The molecule has 1 aromatic rings. The van der Waals surface area contributed by atoms with E-state index in [1.165, 1.54) is 17.5 Å². The van der Waals surface area contributed by atoms with Gasteiger partial charge in [-0.2, -0.15) is 0 Å². The van der Waals surface area contributed by atoms with Gasteiger partial charge in [0.25, 0.3) is 0 Å². The Bertz CT molecular complexity index is 433. The summed E-state index contributed by atoms with van der Waals surface area (Å²) >= 11 is 1.73. The number of likely N-dealkylation sites (tertiary alicyclic amines) is 1. The zero-order valence-corrected chi connectivity index (χ0v) is 13.6. The number of hydrogen-bond donors (Lipinski definition) is 0. The first-order valence-corrected chi connectivity index (χ1v) is 8.61. The van der Waals surface area contributed by atoms with Crippen molar-refractivity contribution in [1.29, 1.82) is 0 Å². The summed E-state index contributed by atoms with van der Waals surface area (Å²) in [6, 6.07) is 8.56. The van der Waals surface area contributed by atoms with Gasteiger partial charge >= 0.3 is 0 Å². The Labute approximate surface area is 126 Å². The number of aryl methyl sites for hydroxylation is 1. The van der Waals surface area contributed by atoms with E-state index >= 15 is 0 Å². The first-order chi connectivity index (χ1) is 9.54. The van der Waals surface area contributed by atoms with Crippen molar-refractivity contribution in [3.63, 3.8) is 0 Å². The fraction of sp³-hybridized carbons (Fsp3) is 0.588. The van der Waals surface area contributed by atoms with Gasteiger partial charge in [0.1, 0.15) is 0 Å². The highest BCUT2D eigenvalue weighted by molar-refractivity contribution is 7.99. The highest BCUT2D eigenvalue weighted by Gasteiger charge is 2.24. The molecular weight excluding hydrogens is 266 g/mol. The summed E-state index contributed by atoms with van der Waals surface area (Å²) in [6.07, 6.45) is 1.25. The highest BCUT2D eigenvalue weighted by Crippen LogP contribution is 2.22. The Morgan fingerprint density at radius 2 is 1.80 bits per heavy atom. The van der Waals surface area contributed by atoms with Crippen LogP contribution in [0.15, 0.2) is 24.3 Å². The van der Waals surface area contributed by atoms with Crippen LogP contribution in [0.5, 0.6) is 0 Å². The topological polar surface area (TPSA) is 20.3 Å². The number of nitrogens with zero attached hydrogens (tertiary/aromatic N) is 1. The zero-order chi connectivity index (χ0) is 14.5. The molecule has 0 bridgehead atoms. The molecule has 1 saturated heterocycles. The van der Waals surface area contributed by atoms with E-state index < -0.39 is 0 Å². The van der Waals surface area contributed by atoms with Gasteiger partial charge in [-0.05, 0) is 30.7 Å². The Balaban J connectivity index is 1.76. The third kappa shape index (κ3) is 4.55. The van der Waals surface area contributed by atoms with Gasteiger partial charge in [-0.3, -0.25) is 4.79 Å². The molecule has 3 heteroatoms. The molecule has 0 spiro atoms. The standard InChI is InChI=1S/C17H25NOS/c1-13-4-6-16(7-5-13)11-20-12-17(19)18-9-14(2)8-15(3)10-18/h4-7,14-15H,8-12H2,1-3H3. The van der Waals surface area contributed by atoms with Gasteiger partial charge in [0.2, 0.25) is 5.91 Å². The van der Waals surface area contributed by atoms with Crippen LogP contribution in [0.4, 0.5) is 0 Å². The fourth-order valence-corrected chi connectivity index (χ4v) is 3.79. The summed E-state index contributed by atoms with van der Waals surface area (Å²) in [4.78, 5) is 14.3. The molecule has 1 fully saturated rings. The van der Waals surface area contributed by atoms with Crippen molar-refractivity contribution < 1.29 is 4.79 Å². The number of hydrogen-bond acceptors (Lipinski definition) is 2. The summed E-state index contributed by atoms with van der Waals surface area (Å²) in [7, 11) is 0. The highest BCUT2D eigenvalue weighted by atomic mass is 32.2. The average molecular weight is 291 g/mol. The van der Waals surface area contributed by atoms with Crippen molar-refractivity contribution >= 4 is 17.7 Å². The van der Waals surface area contributed by atoms with Crippen LogP contribution >= 0.6 is 11.8 Å². The third-order valence-corrected chi connectivity index (χ3v) is 4.82. The summed E-state index contributed by atoms with van der Waals surface area (Å²) in [5.74, 6) is 3.12. The lowest BCUT2D eigenvalue weighted by atomic mass is 9.92. The second-order valence-corrected chi connectivity index (χ2v) is 7.21. The second-order valence-electron chi connectivity index (χ2n) is 6.22. The number of carbonyl (C=O) groups excluding carboxylic acids is 1. The van der Waals surface area contributed by atoms with Gasteiger partial charge in [0, 0.05) is 18.8 Å². The van der Waals surface area contributed by atoms with Crippen LogP contribution in [0.2, 0.25) is 0 Å². The van der Waals surface area contributed by atoms with Crippen LogP contribution in [0.1, 0.15) is 31.4 Å². The van der Waals surface area contributed by atoms with Crippen molar-refractivity contribution in [3.8, 4) is 0 Å². The third-order valence-electron chi connectivity index (χ3n) is 3.84. The maximum atomic E-state index is 12.2. The van der Waals surface area contributed by atoms with Gasteiger partial charge in [-0.15, -0.1) is 11.8 Å². The summed E-state index contributed by atoms with van der Waals surface area (Å²) in [5, 5.41) is 0. The van der Waals surface area contributed by atoms with Gasteiger partial charge in [-0.25, -0.2) is 0 Å². The number of piperidine rings is 1. The molecule has 1 aromatic carbocycles. The molecule has 0 radical (unpaired) electrons. The maximum Gasteiger partial charge on any atom is 0.232 e. The molecule has 0 aliphatic carbocycles. The Kier molecular flexibility index (Phi) is 5.53. The smallest absolute Gasteiger partial charge is 0.232 e. The van der Waals surface area contributed by atoms with Crippen LogP contribution in [-0.4, -0.2) is 29.6 Å². The Morgan fingerprint density at radius 3 is 2.40 bits per heavy atom. The summed E-state index contributed by atoms with van der Waals surface area (Å²) < 4.78 is 0. The van der Waals surface area contributed by atoms with E-state index in [4.69, 9.17) is 0 Å². The van der Waals surface area contributed by atoms with Crippen LogP contribution in [0.3, 0.4) is 0 Å². The Hall–Kier alpha value is -0.960. The van der Waals surface area contributed by atoms with Gasteiger partial charge < -0.3 is 4.90 Å². The first-order valence-electron chi connectivity index (χ1n) is 7.45. The molecule has 110 valence electrons. The fourth-order valence-electron chi connectivity index (χ4n) is 2.90. The molecule has 1 heterocycles. The molecule has 2 nitrogen and oxygen atoms in total. The van der Waals surface area contributed by atoms with Crippen molar-refractivity contribution in [2.45, 2.75) is 32.9 Å². The largest absolute Gasteiger partial charge is 0.341 e. The van der Waals surface area contributed by atoms with Crippen LogP contribution in [0.25, 0.3) is 0 Å². The molecule has 0 aromatic heterocycles. The molecule has 2 unspecified atom stereocenters. The van der Waals surface area contributed by atoms with Crippen LogP contribution in [0, 0.1) is 18.8 Å². The minimum absolute atomic E-state index is 0.306. The molecule has 0 N–H and O–H groups in total. The molecule has 2 rings (SSSR count). The summed E-state index contributed by atoms with van der Waals surface area (Å²) in [5.41, 5.74) is 2.58. The maximum absolute atomic E-state index is 12.2. The molecule has 1 aliphatic rings. The zero-order valence-electron chi connectivity index (χ0n) is 12.8. The number of benzene rings is 1. The predicted octanol–water partition coefficient (Wildman–Crippen LogP) is 3.73. The number of amides is 1. The van der Waals surface area contributed by atoms with Crippen molar-refractivity contribution in [1.82, 2.24) is 4.90 Å². The predicted molar refractivity (Wildman–Crippen MR) is 86.9 cm³/mol. The van der Waals surface area contributed by atoms with Crippen molar-refractivity contribution in [2.24, 2.45) is 11.8 Å². The van der Waals surface area contributed by atoms with Gasteiger partial charge in [-0.1, -0.05) is 43.7 Å². The van der Waals surface area contributed by atoms with Crippen LogP contribution < -0.4 is 0 Å². The number of thioether (sulfide) groups is 1. The van der Waals surface area contributed by atoms with E-state index in [1.807, 2.05) is 0 Å². The SMILES string of the molecule is Cc1ccc(CSCC(=O)N2CC(C)CC(C)C2)cc1. The number of rotatable bonds is 4. The molecule has 0 saturated carbocycles. The van der Waals surface area contributed by atoms with Gasteiger partial charge in [0.15, 0.2) is 0 Å². The van der Waals surface area contributed by atoms with Crippen LogP contribution in [-0.2, 0) is 10.5 Å². The lowest BCUT2D eigenvalue weighted by Crippen LogP contribution is -2.43. The molecule has 1 aliphatic heterocycles. The van der Waals surface area contributed by atoms with E-state index in [2.05, 4.69) is 49.9 Å². The monoisotopic (exact) mass is 291 g/mol. The quantitative estimate of drug-likeness (QED) is 0.842. The van der Waals surface area contributed by atoms with E-state index in [-0.39, 0.29) is 0 Å². The minimum Gasteiger partial charge on any atom is -0.341 e. The van der Waals surface area contributed by atoms with Gasteiger partial charge in [0.05, 0.1) is 5.75 Å². The van der Waals surface area contributed by atoms with E-state index in [0.717, 1.165) is 18.8 Å². The lowest BCUT2D eigenvalue weighted by molar-refractivity contribution is -0.130. The molecule has 2 atom stereocenters. The molecule has 1 amide bonds. The Morgan fingerprint density at radius 1 is 1.20 bits per heavy atom. The van der Waals surface area contributed by atoms with E-state index in [1.54, 1.807) is 11.8 Å². The van der Waals surface area contributed by atoms with E-state index in [9.17, 15) is 4.79 Å². The molecular formula is C17H25NOS. The lowest BCUT2D eigenvalue weighted by Gasteiger charge is -2.35. The molecule has 20 heavy (non-hydrogen) atoms. The average Bonchev–Trinajstić information content (AvgIpc) is 2.40. The van der Waals surface area contributed by atoms with E-state index in [0.29, 0.717) is 23.5 Å². The summed E-state index contributed by atoms with van der Waals surface area (Å²) in [6.45, 7) is 8.46. The number of carbonyl (C=O) groups is 1. The van der Waals surface area contributed by atoms with Crippen molar-refractivity contribution in [3.05, 3.63) is 35.4 Å². The van der Waals surface area contributed by atoms with Crippen molar-refractivity contribution in [2.75, 3.05) is 18.8 Å². The normalized spacial score (nSPS) is 22.9.